The minimum atomic E-state index is -0.0988. The zero-order valence-corrected chi connectivity index (χ0v) is 17.0. The molecule has 1 aromatic carbocycles. The first-order valence-electron chi connectivity index (χ1n) is 9.99. The zero-order valence-electron chi connectivity index (χ0n) is 17.0. The van der Waals surface area contributed by atoms with Crippen LogP contribution in [0.25, 0.3) is 23.0 Å². The first kappa shape index (κ1) is 19.8. The van der Waals surface area contributed by atoms with E-state index in [-0.39, 0.29) is 12.1 Å². The Labute approximate surface area is 174 Å². The lowest BCUT2D eigenvalue weighted by molar-refractivity contribution is 0.186. The standard InChI is InChI=1S/C21H24N6O3/c1-14(2)11-24-21(28)27-10-7-15(13-27)29-18-6-4-3-5-16(18)20-25-19(26-30-20)17-12-22-8-9-23-17/h3-6,8-9,12,14-15H,7,10-11,13H2,1-2H3,(H,24,28). The van der Waals surface area contributed by atoms with E-state index in [9.17, 15) is 4.79 Å². The molecule has 9 nitrogen and oxygen atoms in total. The third-order valence-electron chi connectivity index (χ3n) is 4.72. The van der Waals surface area contributed by atoms with Gasteiger partial charge in [-0.05, 0) is 18.1 Å². The summed E-state index contributed by atoms with van der Waals surface area (Å²) in [5, 5.41) is 6.95. The number of nitrogens with zero attached hydrogens (tertiary/aromatic N) is 5. The number of urea groups is 1. The number of aromatic nitrogens is 4. The van der Waals surface area contributed by atoms with Gasteiger partial charge in [-0.3, -0.25) is 4.98 Å². The average molecular weight is 408 g/mol. The van der Waals surface area contributed by atoms with Crippen LogP contribution >= 0.6 is 0 Å². The molecule has 1 saturated heterocycles. The smallest absolute Gasteiger partial charge is 0.317 e. The van der Waals surface area contributed by atoms with Gasteiger partial charge in [0.25, 0.3) is 5.89 Å². The van der Waals surface area contributed by atoms with E-state index in [2.05, 4.69) is 39.3 Å². The summed E-state index contributed by atoms with van der Waals surface area (Å²) in [6.07, 6.45) is 5.40. The van der Waals surface area contributed by atoms with Gasteiger partial charge in [0, 0.05) is 31.9 Å². The normalized spacial score (nSPS) is 16.1. The number of ether oxygens (including phenoxy) is 1. The van der Waals surface area contributed by atoms with Crippen LogP contribution in [0.4, 0.5) is 4.79 Å². The second-order valence-electron chi connectivity index (χ2n) is 7.56. The van der Waals surface area contributed by atoms with Crippen LogP contribution in [-0.2, 0) is 0 Å². The number of rotatable bonds is 6. The SMILES string of the molecule is CC(C)CNC(=O)N1CCC(Oc2ccccc2-c2nc(-c3cnccn3)no2)C1. The summed E-state index contributed by atoms with van der Waals surface area (Å²) < 4.78 is 11.6. The number of benzene rings is 1. The highest BCUT2D eigenvalue weighted by Gasteiger charge is 2.28. The number of amides is 2. The van der Waals surface area contributed by atoms with E-state index in [0.29, 0.717) is 54.3 Å². The Kier molecular flexibility index (Phi) is 5.87. The molecular formula is C21H24N6O3. The van der Waals surface area contributed by atoms with Crippen LogP contribution in [0.3, 0.4) is 0 Å². The van der Waals surface area contributed by atoms with Crippen molar-refractivity contribution in [2.75, 3.05) is 19.6 Å². The molecule has 2 amide bonds. The third-order valence-corrected chi connectivity index (χ3v) is 4.72. The molecule has 1 aliphatic rings. The summed E-state index contributed by atoms with van der Waals surface area (Å²) >= 11 is 0. The molecule has 156 valence electrons. The quantitative estimate of drug-likeness (QED) is 0.668. The summed E-state index contributed by atoms with van der Waals surface area (Å²) in [5.41, 5.74) is 1.23. The van der Waals surface area contributed by atoms with Gasteiger partial charge >= 0.3 is 6.03 Å². The van der Waals surface area contributed by atoms with Crippen molar-refractivity contribution in [3.8, 4) is 28.7 Å². The van der Waals surface area contributed by atoms with Gasteiger partial charge in [0.1, 0.15) is 17.5 Å². The van der Waals surface area contributed by atoms with Gasteiger partial charge in [-0.1, -0.05) is 31.1 Å². The lowest BCUT2D eigenvalue weighted by Gasteiger charge is -2.19. The molecule has 1 N–H and O–H groups in total. The molecule has 30 heavy (non-hydrogen) atoms. The Morgan fingerprint density at radius 2 is 2.20 bits per heavy atom. The van der Waals surface area contributed by atoms with E-state index in [4.69, 9.17) is 9.26 Å². The minimum Gasteiger partial charge on any atom is -0.488 e. The second-order valence-corrected chi connectivity index (χ2v) is 7.56. The lowest BCUT2D eigenvalue weighted by atomic mass is 10.2. The van der Waals surface area contributed by atoms with Crippen LogP contribution in [0.2, 0.25) is 0 Å². The molecule has 2 aromatic heterocycles. The number of carbonyl (C=O) groups excluding carboxylic acids is 1. The Balaban J connectivity index is 1.45. The highest BCUT2D eigenvalue weighted by atomic mass is 16.5. The van der Waals surface area contributed by atoms with Crippen LogP contribution < -0.4 is 10.1 Å². The van der Waals surface area contributed by atoms with Crippen LogP contribution in [0.5, 0.6) is 5.75 Å². The highest BCUT2D eigenvalue weighted by Crippen LogP contribution is 2.31. The van der Waals surface area contributed by atoms with Crippen LogP contribution in [0, 0.1) is 5.92 Å². The minimum absolute atomic E-state index is 0.0476. The average Bonchev–Trinajstić information content (AvgIpc) is 3.43. The number of carbonyl (C=O) groups is 1. The van der Waals surface area contributed by atoms with Crippen molar-refractivity contribution in [2.45, 2.75) is 26.4 Å². The highest BCUT2D eigenvalue weighted by molar-refractivity contribution is 5.74. The number of hydrogen-bond donors (Lipinski definition) is 1. The number of likely N-dealkylation sites (tertiary alicyclic amines) is 1. The molecule has 0 radical (unpaired) electrons. The van der Waals surface area contributed by atoms with E-state index >= 15 is 0 Å². The van der Waals surface area contributed by atoms with E-state index in [1.807, 2.05) is 24.3 Å². The van der Waals surface area contributed by atoms with Crippen molar-refractivity contribution in [2.24, 2.45) is 5.92 Å². The maximum atomic E-state index is 12.3. The third kappa shape index (κ3) is 4.56. The fraction of sp³-hybridized carbons (Fsp3) is 0.381. The van der Waals surface area contributed by atoms with Crippen LogP contribution in [0.1, 0.15) is 20.3 Å². The predicted molar refractivity (Wildman–Crippen MR) is 110 cm³/mol. The largest absolute Gasteiger partial charge is 0.488 e. The summed E-state index contributed by atoms with van der Waals surface area (Å²) in [5.74, 6) is 1.76. The molecule has 1 aliphatic heterocycles. The second kappa shape index (κ2) is 8.89. The summed E-state index contributed by atoms with van der Waals surface area (Å²) in [6.45, 7) is 6.00. The van der Waals surface area contributed by atoms with Gasteiger partial charge in [-0.15, -0.1) is 0 Å². The van der Waals surface area contributed by atoms with Gasteiger partial charge in [0.15, 0.2) is 0 Å². The summed E-state index contributed by atoms with van der Waals surface area (Å²) in [4.78, 5) is 26.7. The molecule has 0 spiro atoms. The van der Waals surface area contributed by atoms with Crippen LogP contribution in [0.15, 0.2) is 47.4 Å². The van der Waals surface area contributed by atoms with Gasteiger partial charge in [-0.25, -0.2) is 9.78 Å². The van der Waals surface area contributed by atoms with Crippen molar-refractivity contribution >= 4 is 6.03 Å². The summed E-state index contributed by atoms with van der Waals surface area (Å²) in [7, 11) is 0. The monoisotopic (exact) mass is 408 g/mol. The molecular weight excluding hydrogens is 384 g/mol. The predicted octanol–water partition coefficient (Wildman–Crippen LogP) is 3.01. The Morgan fingerprint density at radius 3 is 3.00 bits per heavy atom. The molecule has 0 saturated carbocycles. The van der Waals surface area contributed by atoms with Crippen molar-refractivity contribution in [3.05, 3.63) is 42.9 Å². The molecule has 1 unspecified atom stereocenters. The van der Waals surface area contributed by atoms with Crippen molar-refractivity contribution in [1.29, 1.82) is 0 Å². The maximum Gasteiger partial charge on any atom is 0.317 e. The topological polar surface area (TPSA) is 106 Å². The Bertz CT molecular complexity index is 991. The fourth-order valence-corrected chi connectivity index (χ4v) is 3.19. The van der Waals surface area contributed by atoms with E-state index in [0.717, 1.165) is 6.42 Å². The zero-order chi connectivity index (χ0) is 20.9. The van der Waals surface area contributed by atoms with Gasteiger partial charge in [-0.2, -0.15) is 4.98 Å². The molecule has 3 heterocycles. The first-order valence-corrected chi connectivity index (χ1v) is 9.99. The molecule has 3 aromatic rings. The Morgan fingerprint density at radius 1 is 1.33 bits per heavy atom. The summed E-state index contributed by atoms with van der Waals surface area (Å²) in [6, 6.07) is 7.46. The van der Waals surface area contributed by atoms with E-state index < -0.39 is 0 Å². The molecule has 1 atom stereocenters. The van der Waals surface area contributed by atoms with E-state index in [1.54, 1.807) is 23.5 Å². The lowest BCUT2D eigenvalue weighted by Crippen LogP contribution is -2.40. The molecule has 4 rings (SSSR count). The molecule has 0 bridgehead atoms. The van der Waals surface area contributed by atoms with Crippen LogP contribution in [-0.4, -0.2) is 56.8 Å². The van der Waals surface area contributed by atoms with Crippen molar-refractivity contribution in [1.82, 2.24) is 30.3 Å². The van der Waals surface area contributed by atoms with E-state index in [1.165, 1.54) is 0 Å². The molecule has 0 aliphatic carbocycles. The number of para-hydroxylation sites is 1. The van der Waals surface area contributed by atoms with Gasteiger partial charge < -0.3 is 19.5 Å². The van der Waals surface area contributed by atoms with Gasteiger partial charge in [0.05, 0.1) is 18.3 Å². The molecule has 9 heteroatoms. The number of hydrogen-bond acceptors (Lipinski definition) is 7. The number of nitrogens with one attached hydrogen (secondary N) is 1. The van der Waals surface area contributed by atoms with Gasteiger partial charge in [0.2, 0.25) is 5.82 Å². The maximum absolute atomic E-state index is 12.3. The first-order chi connectivity index (χ1) is 14.6. The Hall–Kier alpha value is -3.49. The molecule has 1 fully saturated rings. The van der Waals surface area contributed by atoms with Crippen molar-refractivity contribution in [3.63, 3.8) is 0 Å². The fourth-order valence-electron chi connectivity index (χ4n) is 3.19. The van der Waals surface area contributed by atoms with Crippen molar-refractivity contribution < 1.29 is 14.1 Å².